The van der Waals surface area contributed by atoms with Gasteiger partial charge in [0.1, 0.15) is 0 Å². The summed E-state index contributed by atoms with van der Waals surface area (Å²) < 4.78 is 9.37. The first-order chi connectivity index (χ1) is 40.7. The fourth-order valence-electron chi connectivity index (χ4n) is 12.6. The molecule has 6 nitrogen and oxygen atoms in total. The molecule has 0 amide bonds. The first kappa shape index (κ1) is 47.0. The fraction of sp³-hybridized carbons (Fsp3) is 0. The van der Waals surface area contributed by atoms with E-state index in [2.05, 4.69) is 309 Å². The molecule has 6 heteroatoms. The maximum atomic E-state index is 5.08. The zero-order chi connectivity index (χ0) is 54.1. The van der Waals surface area contributed by atoms with Crippen LogP contribution in [0, 0.1) is 0 Å². The zero-order valence-corrected chi connectivity index (χ0v) is 44.6. The molecule has 82 heavy (non-hydrogen) atoms. The largest absolute Gasteiger partial charge is 0.309 e. The minimum atomic E-state index is 0.961. The van der Waals surface area contributed by atoms with Crippen molar-refractivity contribution in [3.05, 3.63) is 303 Å². The SMILES string of the molecule is c1cc(-c2ccc(-n3c4ccccc4c4ccccc43)cc2)nc(-c2ccc(-n3c4ccccc4c4ccccc43)cc2)c1.c1ccc(-c2cc3c4ccccc4n(-c4ccc(-n5c6ccccc6c6ccccc65)cc4)c3cn2)cc1. The third-order valence-electron chi connectivity index (χ3n) is 16.3. The molecule has 0 saturated heterocycles. The molecule has 17 rings (SSSR count). The Morgan fingerprint density at radius 1 is 0.195 bits per heavy atom. The molecule has 0 atom stereocenters. The van der Waals surface area contributed by atoms with E-state index in [1.165, 1.54) is 81.7 Å². The number of nitrogens with zero attached hydrogens (tertiary/aromatic N) is 6. The van der Waals surface area contributed by atoms with Crippen LogP contribution in [0.2, 0.25) is 0 Å². The van der Waals surface area contributed by atoms with Crippen molar-refractivity contribution in [3.63, 3.8) is 0 Å². The summed E-state index contributed by atoms with van der Waals surface area (Å²) in [6.45, 7) is 0. The number of hydrogen-bond acceptors (Lipinski definition) is 2. The summed E-state index contributed by atoms with van der Waals surface area (Å²) in [5.74, 6) is 0. The topological polar surface area (TPSA) is 45.5 Å². The average Bonchev–Trinajstić information content (AvgIpc) is 4.48. The normalized spacial score (nSPS) is 11.7. The third kappa shape index (κ3) is 7.72. The Morgan fingerprint density at radius 3 is 0.805 bits per heavy atom. The van der Waals surface area contributed by atoms with Crippen LogP contribution in [0.25, 0.3) is 144 Å². The average molecular weight is 1050 g/mol. The Morgan fingerprint density at radius 2 is 0.463 bits per heavy atom. The van der Waals surface area contributed by atoms with E-state index in [9.17, 15) is 0 Å². The number of rotatable bonds is 7. The molecule has 11 aromatic carbocycles. The molecule has 0 N–H and O–H groups in total. The second kappa shape index (κ2) is 19.4. The van der Waals surface area contributed by atoms with Gasteiger partial charge < -0.3 is 18.3 Å². The summed E-state index contributed by atoms with van der Waals surface area (Å²) in [4.78, 5) is 9.94. The minimum absolute atomic E-state index is 0.961. The molecule has 0 saturated carbocycles. The van der Waals surface area contributed by atoms with Crippen molar-refractivity contribution < 1.29 is 0 Å². The lowest BCUT2D eigenvalue weighted by atomic mass is 10.1. The van der Waals surface area contributed by atoms with Crippen LogP contribution in [0.3, 0.4) is 0 Å². The van der Waals surface area contributed by atoms with Gasteiger partial charge in [-0.25, -0.2) is 4.98 Å². The van der Waals surface area contributed by atoms with Gasteiger partial charge >= 0.3 is 0 Å². The summed E-state index contributed by atoms with van der Waals surface area (Å²) in [5, 5.41) is 10.1. The number of fused-ring (bicyclic) bond motifs is 12. The van der Waals surface area contributed by atoms with Gasteiger partial charge in [0.25, 0.3) is 0 Å². The zero-order valence-electron chi connectivity index (χ0n) is 44.6. The van der Waals surface area contributed by atoms with Crippen molar-refractivity contribution in [2.75, 3.05) is 0 Å². The predicted octanol–water partition coefficient (Wildman–Crippen LogP) is 19.6. The highest BCUT2D eigenvalue weighted by molar-refractivity contribution is 6.12. The molecule has 17 aromatic rings. The second-order valence-electron chi connectivity index (χ2n) is 20.9. The molecule has 0 spiro atoms. The molecule has 6 aromatic heterocycles. The van der Waals surface area contributed by atoms with E-state index in [0.29, 0.717) is 0 Å². The van der Waals surface area contributed by atoms with Gasteiger partial charge in [0.2, 0.25) is 0 Å². The highest BCUT2D eigenvalue weighted by Gasteiger charge is 2.18. The van der Waals surface area contributed by atoms with Gasteiger partial charge in [0.15, 0.2) is 0 Å². The fourth-order valence-corrected chi connectivity index (χ4v) is 12.6. The van der Waals surface area contributed by atoms with Gasteiger partial charge in [0.05, 0.1) is 67.4 Å². The number of pyridine rings is 2. The Hall–Kier alpha value is -11.1. The first-order valence-electron chi connectivity index (χ1n) is 27.9. The van der Waals surface area contributed by atoms with Crippen LogP contribution < -0.4 is 0 Å². The molecule has 0 bridgehead atoms. The number of hydrogen-bond donors (Lipinski definition) is 0. The molecule has 6 heterocycles. The molecule has 0 aliphatic carbocycles. The van der Waals surface area contributed by atoms with E-state index >= 15 is 0 Å². The van der Waals surface area contributed by atoms with Gasteiger partial charge in [-0.1, -0.05) is 188 Å². The monoisotopic (exact) mass is 1050 g/mol. The van der Waals surface area contributed by atoms with Gasteiger partial charge in [-0.15, -0.1) is 0 Å². The van der Waals surface area contributed by atoms with Gasteiger partial charge in [-0.3, -0.25) is 4.98 Å². The highest BCUT2D eigenvalue weighted by atomic mass is 15.0. The first-order valence-corrected chi connectivity index (χ1v) is 27.9. The van der Waals surface area contributed by atoms with E-state index in [0.717, 1.165) is 62.0 Å². The Bertz CT molecular complexity index is 4920. The van der Waals surface area contributed by atoms with Crippen LogP contribution >= 0.6 is 0 Å². The lowest BCUT2D eigenvalue weighted by Gasteiger charge is -2.11. The van der Waals surface area contributed by atoms with Gasteiger partial charge in [-0.05, 0) is 109 Å². The lowest BCUT2D eigenvalue weighted by Crippen LogP contribution is -1.97. The van der Waals surface area contributed by atoms with Gasteiger partial charge in [0, 0.05) is 82.5 Å². The van der Waals surface area contributed by atoms with Crippen LogP contribution in [0.4, 0.5) is 0 Å². The van der Waals surface area contributed by atoms with Crippen LogP contribution in [-0.4, -0.2) is 28.2 Å². The minimum Gasteiger partial charge on any atom is -0.309 e. The van der Waals surface area contributed by atoms with Crippen LogP contribution in [0.5, 0.6) is 0 Å². The van der Waals surface area contributed by atoms with E-state index in [1.54, 1.807) is 0 Å². The quantitative estimate of drug-likeness (QED) is 0.160. The highest BCUT2D eigenvalue weighted by Crippen LogP contribution is 2.38. The van der Waals surface area contributed by atoms with Crippen LogP contribution in [0.15, 0.2) is 303 Å². The Kier molecular flexibility index (Phi) is 11.1. The third-order valence-corrected chi connectivity index (χ3v) is 16.3. The molecule has 0 unspecified atom stereocenters. The maximum absolute atomic E-state index is 5.08. The second-order valence-corrected chi connectivity index (χ2v) is 20.9. The van der Waals surface area contributed by atoms with Crippen LogP contribution in [-0.2, 0) is 0 Å². The maximum Gasteiger partial charge on any atom is 0.0724 e. The van der Waals surface area contributed by atoms with Crippen molar-refractivity contribution in [3.8, 4) is 56.5 Å². The standard InChI is InChI=1S/C41H27N3.C35H23N3/c1-5-16-38-32(10-1)33-11-2-6-17-39(33)43(38)30-24-20-28(21-25-30)36-14-9-15-37(42-36)29-22-26-31(27-23-29)44-40-18-7-3-12-34(40)35-13-4-8-19-41(35)44;1-2-10-24(11-3-1)31-22-30-29-14-6-9-17-34(29)38(35(30)23-36-31)26-20-18-25(19-21-26)37-32-15-7-4-12-27(32)28-13-5-8-16-33(28)37/h1-27H;1-23H. The Labute approximate surface area is 472 Å². The predicted molar refractivity (Wildman–Crippen MR) is 342 cm³/mol. The van der Waals surface area contributed by atoms with Crippen molar-refractivity contribution in [2.45, 2.75) is 0 Å². The number of para-hydroxylation sites is 7. The summed E-state index contributed by atoms with van der Waals surface area (Å²) in [5.41, 5.74) is 20.4. The summed E-state index contributed by atoms with van der Waals surface area (Å²) in [6.07, 6.45) is 2.01. The number of benzene rings is 11. The van der Waals surface area contributed by atoms with Gasteiger partial charge in [-0.2, -0.15) is 0 Å². The van der Waals surface area contributed by atoms with E-state index < -0.39 is 0 Å². The van der Waals surface area contributed by atoms with E-state index in [4.69, 9.17) is 9.97 Å². The smallest absolute Gasteiger partial charge is 0.0724 e. The summed E-state index contributed by atoms with van der Waals surface area (Å²) >= 11 is 0. The molecule has 384 valence electrons. The van der Waals surface area contributed by atoms with Crippen molar-refractivity contribution in [2.24, 2.45) is 0 Å². The molecular formula is C76H50N6. The Balaban J connectivity index is 0.000000136. The molecule has 0 fully saturated rings. The summed E-state index contributed by atoms with van der Waals surface area (Å²) in [7, 11) is 0. The van der Waals surface area contributed by atoms with Crippen molar-refractivity contribution in [1.29, 1.82) is 0 Å². The lowest BCUT2D eigenvalue weighted by molar-refractivity contribution is 1.14. The molecular weight excluding hydrogens is 997 g/mol. The molecule has 0 radical (unpaired) electrons. The van der Waals surface area contributed by atoms with E-state index in [-0.39, 0.29) is 0 Å². The molecule has 0 aliphatic rings. The van der Waals surface area contributed by atoms with Crippen molar-refractivity contribution >= 4 is 87.2 Å². The van der Waals surface area contributed by atoms with E-state index in [1.807, 2.05) is 12.3 Å². The number of aromatic nitrogens is 6. The van der Waals surface area contributed by atoms with Crippen molar-refractivity contribution in [1.82, 2.24) is 28.2 Å². The molecule has 0 aliphatic heterocycles. The van der Waals surface area contributed by atoms with Crippen LogP contribution in [0.1, 0.15) is 0 Å². The summed E-state index contributed by atoms with van der Waals surface area (Å²) in [6, 6.07) is 106.